The molecule has 0 bridgehead atoms. The minimum Gasteiger partial charge on any atom is -0.248 e. The summed E-state index contributed by atoms with van der Waals surface area (Å²) in [5.74, 6) is 0. The third-order valence-electron chi connectivity index (χ3n) is 3.39. The third kappa shape index (κ3) is 1.87. The first kappa shape index (κ1) is 11.6. The van der Waals surface area contributed by atoms with E-state index in [1.165, 1.54) is 10.1 Å². The zero-order valence-corrected chi connectivity index (χ0v) is 11.8. The molecule has 0 aliphatic rings. The van der Waals surface area contributed by atoms with Crippen LogP contribution in [0.1, 0.15) is 5.01 Å². The van der Waals surface area contributed by atoms with Gasteiger partial charge in [0.15, 0.2) is 0 Å². The molecular weight excluding hydrogens is 264 g/mol. The Morgan fingerprint density at radius 1 is 0.850 bits per heavy atom. The van der Waals surface area contributed by atoms with E-state index < -0.39 is 0 Å². The normalized spacial score (nSPS) is 11.2. The van der Waals surface area contributed by atoms with E-state index in [1.807, 2.05) is 25.1 Å². The molecule has 2 nitrogen and oxygen atoms in total. The Bertz CT molecular complexity index is 924. The van der Waals surface area contributed by atoms with Crippen LogP contribution in [0.15, 0.2) is 54.6 Å². The van der Waals surface area contributed by atoms with E-state index in [2.05, 4.69) is 41.4 Å². The van der Waals surface area contributed by atoms with Gasteiger partial charge in [-0.25, -0.2) is 9.97 Å². The van der Waals surface area contributed by atoms with Crippen LogP contribution in [0.3, 0.4) is 0 Å². The fraction of sp³-hybridized carbons (Fsp3) is 0.0588. The molecule has 0 amide bonds. The number of hydrogen-bond donors (Lipinski definition) is 0. The number of nitrogens with zero attached hydrogens (tertiary/aromatic N) is 2. The number of fused-ring (bicyclic) bond motifs is 2. The molecule has 0 saturated carbocycles. The van der Waals surface area contributed by atoms with Crippen LogP contribution in [-0.4, -0.2) is 9.97 Å². The molecule has 4 rings (SSSR count). The van der Waals surface area contributed by atoms with Gasteiger partial charge in [-0.3, -0.25) is 0 Å². The summed E-state index contributed by atoms with van der Waals surface area (Å²) >= 11 is 1.73. The monoisotopic (exact) mass is 276 g/mol. The highest BCUT2D eigenvalue weighted by Gasteiger charge is 2.05. The van der Waals surface area contributed by atoms with E-state index >= 15 is 0 Å². The molecule has 20 heavy (non-hydrogen) atoms. The van der Waals surface area contributed by atoms with E-state index in [0.29, 0.717) is 0 Å². The summed E-state index contributed by atoms with van der Waals surface area (Å²) in [6, 6.07) is 18.7. The highest BCUT2D eigenvalue weighted by atomic mass is 32.1. The number of rotatable bonds is 1. The minimum atomic E-state index is 1.01. The highest BCUT2D eigenvalue weighted by molar-refractivity contribution is 7.18. The maximum absolute atomic E-state index is 4.74. The molecule has 2 aromatic carbocycles. The van der Waals surface area contributed by atoms with Crippen molar-refractivity contribution in [3.63, 3.8) is 0 Å². The van der Waals surface area contributed by atoms with Gasteiger partial charge in [0.2, 0.25) is 0 Å². The number of hydrogen-bond acceptors (Lipinski definition) is 3. The largest absolute Gasteiger partial charge is 0.248 e. The van der Waals surface area contributed by atoms with Crippen LogP contribution in [0.2, 0.25) is 0 Å². The van der Waals surface area contributed by atoms with Crippen LogP contribution < -0.4 is 0 Å². The second kappa shape index (κ2) is 4.39. The maximum atomic E-state index is 4.74. The molecule has 0 spiro atoms. The average molecular weight is 276 g/mol. The lowest BCUT2D eigenvalue weighted by molar-refractivity contribution is 1.34. The van der Waals surface area contributed by atoms with Crippen molar-refractivity contribution in [1.29, 1.82) is 0 Å². The summed E-state index contributed by atoms with van der Waals surface area (Å²) < 4.78 is 1.22. The van der Waals surface area contributed by atoms with Gasteiger partial charge >= 0.3 is 0 Å². The van der Waals surface area contributed by atoms with E-state index in [4.69, 9.17) is 4.98 Å². The van der Waals surface area contributed by atoms with Gasteiger partial charge in [0.25, 0.3) is 0 Å². The molecule has 0 atom stereocenters. The van der Waals surface area contributed by atoms with Gasteiger partial charge in [0.05, 0.1) is 26.4 Å². The van der Waals surface area contributed by atoms with Gasteiger partial charge in [-0.15, -0.1) is 11.3 Å². The van der Waals surface area contributed by atoms with Gasteiger partial charge in [-0.05, 0) is 31.2 Å². The second-order valence-electron chi connectivity index (χ2n) is 4.80. The molecule has 3 heteroatoms. The first-order valence-electron chi connectivity index (χ1n) is 6.53. The summed E-state index contributed by atoms with van der Waals surface area (Å²) in [6.07, 6.45) is 0. The summed E-state index contributed by atoms with van der Waals surface area (Å²) in [5.41, 5.74) is 4.26. The van der Waals surface area contributed by atoms with Crippen molar-refractivity contribution in [2.45, 2.75) is 6.92 Å². The molecule has 0 aliphatic carbocycles. The van der Waals surface area contributed by atoms with Crippen LogP contribution in [0.5, 0.6) is 0 Å². The lowest BCUT2D eigenvalue weighted by Crippen LogP contribution is -1.84. The zero-order valence-electron chi connectivity index (χ0n) is 11.0. The van der Waals surface area contributed by atoms with Crippen molar-refractivity contribution in [1.82, 2.24) is 9.97 Å². The second-order valence-corrected chi connectivity index (χ2v) is 6.04. The standard InChI is InChI=1S/C17H12N2S/c1-11-18-16-9-7-13(10-17(16)20-11)15-8-6-12-4-2-3-5-14(12)19-15/h2-10H,1H3. The lowest BCUT2D eigenvalue weighted by atomic mass is 10.1. The van der Waals surface area contributed by atoms with Crippen LogP contribution >= 0.6 is 11.3 Å². The van der Waals surface area contributed by atoms with E-state index in [0.717, 1.165) is 27.3 Å². The minimum absolute atomic E-state index is 1.01. The number of pyridine rings is 1. The SMILES string of the molecule is Cc1nc2ccc(-c3ccc4ccccc4n3)cc2s1. The summed E-state index contributed by atoms with van der Waals surface area (Å²) in [4.78, 5) is 9.24. The summed E-state index contributed by atoms with van der Waals surface area (Å²) in [7, 11) is 0. The van der Waals surface area contributed by atoms with Gasteiger partial charge in [-0.2, -0.15) is 0 Å². The molecule has 96 valence electrons. The molecule has 2 aromatic heterocycles. The van der Waals surface area contributed by atoms with Gasteiger partial charge in [-0.1, -0.05) is 30.3 Å². The van der Waals surface area contributed by atoms with Crippen molar-refractivity contribution in [3.05, 3.63) is 59.6 Å². The first-order valence-corrected chi connectivity index (χ1v) is 7.35. The maximum Gasteiger partial charge on any atom is 0.0907 e. The molecule has 0 N–H and O–H groups in total. The van der Waals surface area contributed by atoms with E-state index in [9.17, 15) is 0 Å². The fourth-order valence-corrected chi connectivity index (χ4v) is 3.29. The summed E-state index contributed by atoms with van der Waals surface area (Å²) in [6.45, 7) is 2.04. The number of para-hydroxylation sites is 1. The van der Waals surface area contributed by atoms with Crippen molar-refractivity contribution in [3.8, 4) is 11.3 Å². The fourth-order valence-electron chi connectivity index (χ4n) is 2.43. The number of aromatic nitrogens is 2. The predicted octanol–water partition coefficient (Wildman–Crippen LogP) is 4.82. The quantitative estimate of drug-likeness (QED) is 0.498. The third-order valence-corrected chi connectivity index (χ3v) is 4.32. The molecule has 0 radical (unpaired) electrons. The first-order chi connectivity index (χ1) is 9.79. The Morgan fingerprint density at radius 3 is 2.70 bits per heavy atom. The van der Waals surface area contributed by atoms with Crippen LogP contribution in [0.25, 0.3) is 32.4 Å². The Balaban J connectivity index is 1.90. The van der Waals surface area contributed by atoms with Gasteiger partial charge < -0.3 is 0 Å². The number of aryl methyl sites for hydroxylation is 1. The van der Waals surface area contributed by atoms with Crippen molar-refractivity contribution in [2.24, 2.45) is 0 Å². The molecular formula is C17H12N2S. The van der Waals surface area contributed by atoms with Crippen LogP contribution in [0, 0.1) is 6.92 Å². The number of benzene rings is 2. The number of thiazole rings is 1. The zero-order chi connectivity index (χ0) is 13.5. The molecule has 0 unspecified atom stereocenters. The molecule has 0 saturated heterocycles. The topological polar surface area (TPSA) is 25.8 Å². The van der Waals surface area contributed by atoms with Crippen LogP contribution in [0.4, 0.5) is 0 Å². The average Bonchev–Trinajstić information content (AvgIpc) is 2.85. The molecule has 0 fully saturated rings. The molecule has 2 heterocycles. The molecule has 4 aromatic rings. The predicted molar refractivity (Wildman–Crippen MR) is 85.1 cm³/mol. The van der Waals surface area contributed by atoms with Crippen molar-refractivity contribution >= 4 is 32.5 Å². The lowest BCUT2D eigenvalue weighted by Gasteiger charge is -2.03. The summed E-state index contributed by atoms with van der Waals surface area (Å²) in [5, 5.41) is 2.27. The Kier molecular flexibility index (Phi) is 2.54. The molecule has 0 aliphatic heterocycles. The highest BCUT2D eigenvalue weighted by Crippen LogP contribution is 2.28. The van der Waals surface area contributed by atoms with Crippen molar-refractivity contribution in [2.75, 3.05) is 0 Å². The van der Waals surface area contributed by atoms with Gasteiger partial charge in [0.1, 0.15) is 0 Å². The Morgan fingerprint density at radius 2 is 1.75 bits per heavy atom. The Hall–Kier alpha value is -2.26. The van der Waals surface area contributed by atoms with E-state index in [-0.39, 0.29) is 0 Å². The van der Waals surface area contributed by atoms with Crippen LogP contribution in [-0.2, 0) is 0 Å². The van der Waals surface area contributed by atoms with Crippen molar-refractivity contribution < 1.29 is 0 Å². The van der Waals surface area contributed by atoms with Gasteiger partial charge in [0, 0.05) is 10.9 Å². The smallest absolute Gasteiger partial charge is 0.0907 e. The Labute approximate surface area is 120 Å². The van der Waals surface area contributed by atoms with E-state index in [1.54, 1.807) is 11.3 Å².